The molecule has 3 atom stereocenters. The van der Waals surface area contributed by atoms with Crippen LogP contribution in [0.4, 0.5) is 0 Å². The molecule has 0 aromatic heterocycles. The number of carboxylic acid groups (broad SMARTS) is 1. The SMILES string of the molecule is CCCCCCCCCCCCCC(=O)NCC(=O)N(C)C1C(=O)N[C@@H](C)C(=O)NC(C(=O)O)Cc2ccc(OCCN)c(c2)-c2cc1ccc2OCCN.CCN. The Bertz CT molecular complexity index is 1590. The number of carbonyl (C=O) groups excluding carboxylic acids is 4. The summed E-state index contributed by atoms with van der Waals surface area (Å²) in [6.07, 6.45) is 13.0. The van der Waals surface area contributed by atoms with Crippen LogP contribution >= 0.6 is 0 Å². The highest BCUT2D eigenvalue weighted by molar-refractivity contribution is 5.95. The first-order valence-electron chi connectivity index (χ1n) is 20.9. The molecule has 0 spiro atoms. The molecule has 324 valence electrons. The number of carbonyl (C=O) groups is 5. The van der Waals surface area contributed by atoms with Crippen LogP contribution in [0.5, 0.6) is 11.5 Å². The van der Waals surface area contributed by atoms with E-state index in [4.69, 9.17) is 26.7 Å². The maximum absolute atomic E-state index is 14.0. The van der Waals surface area contributed by atoms with Crippen molar-refractivity contribution in [3.05, 3.63) is 47.5 Å². The summed E-state index contributed by atoms with van der Waals surface area (Å²) in [5.41, 5.74) is 18.3. The molecule has 58 heavy (non-hydrogen) atoms. The van der Waals surface area contributed by atoms with Gasteiger partial charge in [0, 0.05) is 44.1 Å². The number of carboxylic acids is 1. The zero-order chi connectivity index (χ0) is 42.9. The Morgan fingerprint density at radius 2 is 1.33 bits per heavy atom. The molecule has 1 aliphatic heterocycles. The molecule has 0 saturated carbocycles. The van der Waals surface area contributed by atoms with Gasteiger partial charge in [0.15, 0.2) is 0 Å². The van der Waals surface area contributed by atoms with Gasteiger partial charge in [0.2, 0.25) is 23.6 Å². The van der Waals surface area contributed by atoms with Gasteiger partial charge in [-0.2, -0.15) is 0 Å². The molecule has 2 aromatic carbocycles. The van der Waals surface area contributed by atoms with Crippen LogP contribution in [-0.4, -0.2) is 98.1 Å². The molecular formula is C43H69N7O8. The van der Waals surface area contributed by atoms with Crippen molar-refractivity contribution in [1.82, 2.24) is 20.9 Å². The highest BCUT2D eigenvalue weighted by Gasteiger charge is 2.33. The van der Waals surface area contributed by atoms with Crippen LogP contribution in [0, 0.1) is 0 Å². The van der Waals surface area contributed by atoms with E-state index in [0.717, 1.165) is 32.2 Å². The molecule has 2 aromatic rings. The second-order valence-corrected chi connectivity index (χ2v) is 14.6. The summed E-state index contributed by atoms with van der Waals surface area (Å²) in [4.78, 5) is 67.0. The second kappa shape index (κ2) is 27.8. The number of rotatable bonds is 22. The number of nitrogens with zero attached hydrogens (tertiary/aromatic N) is 1. The molecule has 4 amide bonds. The monoisotopic (exact) mass is 812 g/mol. The maximum atomic E-state index is 14.0. The Kier molecular flexibility index (Phi) is 23.7. The fourth-order valence-electron chi connectivity index (χ4n) is 6.55. The predicted octanol–water partition coefficient (Wildman–Crippen LogP) is 3.94. The molecule has 15 nitrogen and oxygen atoms in total. The van der Waals surface area contributed by atoms with E-state index in [-0.39, 0.29) is 45.2 Å². The number of nitrogens with one attached hydrogen (secondary N) is 3. The lowest BCUT2D eigenvalue weighted by Gasteiger charge is -2.30. The molecule has 0 saturated heterocycles. The Balaban J connectivity index is 0.00000374. The predicted molar refractivity (Wildman–Crippen MR) is 226 cm³/mol. The smallest absolute Gasteiger partial charge is 0.326 e. The quantitative estimate of drug-likeness (QED) is 0.0841. The van der Waals surface area contributed by atoms with Crippen LogP contribution in [-0.2, 0) is 30.4 Å². The molecule has 10 N–H and O–H groups in total. The van der Waals surface area contributed by atoms with Gasteiger partial charge < -0.3 is 52.6 Å². The van der Waals surface area contributed by atoms with Gasteiger partial charge in [-0.25, -0.2) is 4.79 Å². The third-order valence-electron chi connectivity index (χ3n) is 9.68. The van der Waals surface area contributed by atoms with Gasteiger partial charge in [0.25, 0.3) is 0 Å². The van der Waals surface area contributed by atoms with Gasteiger partial charge >= 0.3 is 5.97 Å². The summed E-state index contributed by atoms with van der Waals surface area (Å²) in [5.74, 6) is -2.61. The van der Waals surface area contributed by atoms with Crippen molar-refractivity contribution in [1.29, 1.82) is 0 Å². The Labute approximate surface area is 344 Å². The standard InChI is InChI=1S/C41H62N6O8.C2H7N/c1-4-5-6-7-8-9-10-11-12-13-14-15-36(48)44-27-37(49)47(3)38-30-17-19-35(55-23-21-43)32(26-30)31-24-29(16-18-34(31)54-22-20-42)25-33(41(52)53)46-39(50)28(2)45-40(38)51;1-2-3/h16-19,24,26,28,33,38H,4-15,20-23,25,27,42-43H2,1-3H3,(H,44,48)(H,45,51)(H,46,50)(H,52,53);2-3H2,1H3/t28-,33?,38?;/m0./s1. The summed E-state index contributed by atoms with van der Waals surface area (Å²) in [6.45, 7) is 6.79. The average molecular weight is 812 g/mol. The lowest BCUT2D eigenvalue weighted by molar-refractivity contribution is -0.143. The number of benzene rings is 2. The summed E-state index contributed by atoms with van der Waals surface area (Å²) < 4.78 is 12.0. The van der Waals surface area contributed by atoms with Crippen molar-refractivity contribution in [3.63, 3.8) is 0 Å². The van der Waals surface area contributed by atoms with Crippen molar-refractivity contribution in [2.45, 2.75) is 122 Å². The summed E-state index contributed by atoms with van der Waals surface area (Å²) in [7, 11) is 1.45. The fourth-order valence-corrected chi connectivity index (χ4v) is 6.55. The topological polar surface area (TPSA) is 241 Å². The molecule has 3 rings (SSSR count). The van der Waals surface area contributed by atoms with E-state index in [2.05, 4.69) is 22.9 Å². The number of hydrogen-bond acceptors (Lipinski definition) is 10. The highest BCUT2D eigenvalue weighted by Crippen LogP contribution is 2.40. The van der Waals surface area contributed by atoms with Crippen molar-refractivity contribution in [2.75, 3.05) is 46.4 Å². The normalized spacial score (nSPS) is 16.4. The lowest BCUT2D eigenvalue weighted by atomic mass is 9.93. The number of amides is 4. The Morgan fingerprint density at radius 3 is 1.88 bits per heavy atom. The van der Waals surface area contributed by atoms with Crippen LogP contribution in [0.15, 0.2) is 36.4 Å². The number of aliphatic carboxylic acids is 1. The summed E-state index contributed by atoms with van der Waals surface area (Å²) in [5, 5.41) is 17.9. The maximum Gasteiger partial charge on any atom is 0.326 e. The largest absolute Gasteiger partial charge is 0.492 e. The van der Waals surface area contributed by atoms with E-state index in [9.17, 15) is 29.1 Å². The first kappa shape index (κ1) is 49.4. The van der Waals surface area contributed by atoms with Crippen LogP contribution in [0.1, 0.15) is 115 Å². The molecule has 1 heterocycles. The first-order chi connectivity index (χ1) is 27.9. The summed E-state index contributed by atoms with van der Waals surface area (Å²) in [6, 6.07) is 6.42. The third kappa shape index (κ3) is 17.0. The van der Waals surface area contributed by atoms with Crippen LogP contribution in [0.2, 0.25) is 0 Å². The highest BCUT2D eigenvalue weighted by atomic mass is 16.5. The second-order valence-electron chi connectivity index (χ2n) is 14.6. The van der Waals surface area contributed by atoms with Crippen LogP contribution < -0.4 is 42.6 Å². The molecule has 1 aliphatic rings. The third-order valence-corrected chi connectivity index (χ3v) is 9.68. The van der Waals surface area contributed by atoms with Crippen molar-refractivity contribution in [3.8, 4) is 22.6 Å². The van der Waals surface area contributed by atoms with Crippen LogP contribution in [0.3, 0.4) is 0 Å². The zero-order valence-electron chi connectivity index (χ0n) is 35.1. The number of unbranched alkanes of at least 4 members (excludes halogenated alkanes) is 10. The number of ether oxygens (including phenoxy) is 2. The number of fused-ring (bicyclic) bond motifs is 5. The Morgan fingerprint density at radius 1 is 0.793 bits per heavy atom. The minimum Gasteiger partial charge on any atom is -0.492 e. The molecule has 0 aliphatic carbocycles. The van der Waals surface area contributed by atoms with E-state index >= 15 is 0 Å². The van der Waals surface area contributed by atoms with E-state index < -0.39 is 41.8 Å². The molecule has 2 unspecified atom stereocenters. The van der Waals surface area contributed by atoms with Crippen molar-refractivity contribution in [2.24, 2.45) is 17.2 Å². The van der Waals surface area contributed by atoms with Gasteiger partial charge in [0.05, 0.1) is 6.54 Å². The fraction of sp³-hybridized carbons (Fsp3) is 0.605. The van der Waals surface area contributed by atoms with Crippen molar-refractivity contribution >= 4 is 29.6 Å². The summed E-state index contributed by atoms with van der Waals surface area (Å²) >= 11 is 0. The van der Waals surface area contributed by atoms with E-state index in [0.29, 0.717) is 40.2 Å². The molecule has 0 fully saturated rings. The lowest BCUT2D eigenvalue weighted by Crippen LogP contribution is -2.53. The number of hydrogen-bond donors (Lipinski definition) is 7. The minimum absolute atomic E-state index is 0.0601. The first-order valence-corrected chi connectivity index (χ1v) is 20.9. The Hall–Kier alpha value is -4.73. The van der Waals surface area contributed by atoms with Gasteiger partial charge in [-0.1, -0.05) is 90.2 Å². The van der Waals surface area contributed by atoms with E-state index in [1.54, 1.807) is 36.4 Å². The minimum atomic E-state index is -1.31. The molecule has 4 bridgehead atoms. The van der Waals surface area contributed by atoms with Crippen molar-refractivity contribution < 1.29 is 38.6 Å². The van der Waals surface area contributed by atoms with Gasteiger partial charge in [0.1, 0.15) is 42.8 Å². The van der Waals surface area contributed by atoms with Gasteiger partial charge in [-0.05, 0) is 55.3 Å². The number of nitrogens with two attached hydrogens (primary N) is 3. The molecule has 0 radical (unpaired) electrons. The van der Waals surface area contributed by atoms with E-state index in [1.165, 1.54) is 63.8 Å². The van der Waals surface area contributed by atoms with Crippen LogP contribution in [0.25, 0.3) is 11.1 Å². The molecular weight excluding hydrogens is 743 g/mol. The average Bonchev–Trinajstić information content (AvgIpc) is 3.20. The van der Waals surface area contributed by atoms with Gasteiger partial charge in [-0.15, -0.1) is 0 Å². The van der Waals surface area contributed by atoms with Gasteiger partial charge in [-0.3, -0.25) is 19.2 Å². The zero-order valence-corrected chi connectivity index (χ0v) is 35.1. The molecule has 15 heteroatoms. The van der Waals surface area contributed by atoms with E-state index in [1.807, 2.05) is 6.92 Å². The number of likely N-dealkylation sites (N-methyl/N-ethyl adjacent to an activating group) is 1.